The molecule has 0 saturated carbocycles. The molecule has 0 radical (unpaired) electrons. The van der Waals surface area contributed by atoms with E-state index in [0.717, 1.165) is 54.4 Å². The Labute approximate surface area is 214 Å². The maximum absolute atomic E-state index is 13.8. The number of hydrogen-bond donors (Lipinski definition) is 0. The Bertz CT molecular complexity index is 1210. The number of carbonyl (C=O) groups is 1. The van der Waals surface area contributed by atoms with E-state index in [9.17, 15) is 22.4 Å². The molecule has 3 aromatic rings. The van der Waals surface area contributed by atoms with E-state index < -0.39 is 17.6 Å². The zero-order chi connectivity index (χ0) is 26.6. The highest BCUT2D eigenvalue weighted by molar-refractivity contribution is 5.86. The van der Waals surface area contributed by atoms with Crippen LogP contribution in [0, 0.1) is 5.82 Å². The predicted molar refractivity (Wildman–Crippen MR) is 134 cm³/mol. The van der Waals surface area contributed by atoms with Gasteiger partial charge in [-0.1, -0.05) is 38.1 Å². The molecule has 0 N–H and O–H groups in total. The topological polar surface area (TPSA) is 35.5 Å². The summed E-state index contributed by atoms with van der Waals surface area (Å²) in [4.78, 5) is 12.2. The van der Waals surface area contributed by atoms with Gasteiger partial charge in [-0.05, 0) is 95.3 Å². The fourth-order valence-corrected chi connectivity index (χ4v) is 4.78. The Morgan fingerprint density at radius 1 is 1.03 bits per heavy atom. The molecule has 196 valence electrons. The van der Waals surface area contributed by atoms with Crippen molar-refractivity contribution in [2.24, 2.45) is 0 Å². The fraction of sp³-hybridized carbons (Fsp3) is 0.367. The largest absolute Gasteiger partial charge is 0.416 e. The standard InChI is InChI=1S/C30H30F4O3/c1-19(2)25-16-22(17-35)27(18-37-28-5-3-4-14-36-28)29(21-8-12-24(31)13-9-21)26(25)15-20-6-10-23(11-7-20)30(32,33)34/h6-13,16-17,19,28H,3-5,14-15,18H2,1-2H3. The van der Waals surface area contributed by atoms with Gasteiger partial charge in [-0.15, -0.1) is 0 Å². The van der Waals surface area contributed by atoms with Gasteiger partial charge in [0.1, 0.15) is 12.1 Å². The predicted octanol–water partition coefficient (Wildman–Crippen LogP) is 8.08. The van der Waals surface area contributed by atoms with Crippen molar-refractivity contribution in [2.75, 3.05) is 6.61 Å². The van der Waals surface area contributed by atoms with Gasteiger partial charge >= 0.3 is 6.18 Å². The average Bonchev–Trinajstić information content (AvgIpc) is 2.88. The van der Waals surface area contributed by atoms with E-state index in [1.165, 1.54) is 24.3 Å². The summed E-state index contributed by atoms with van der Waals surface area (Å²) in [7, 11) is 0. The Balaban J connectivity index is 1.85. The van der Waals surface area contributed by atoms with Gasteiger partial charge in [-0.2, -0.15) is 13.2 Å². The molecule has 0 spiro atoms. The molecule has 0 aromatic heterocycles. The van der Waals surface area contributed by atoms with Gasteiger partial charge in [0.2, 0.25) is 0 Å². The maximum atomic E-state index is 13.8. The summed E-state index contributed by atoms with van der Waals surface area (Å²) < 4.78 is 65.0. The highest BCUT2D eigenvalue weighted by Crippen LogP contribution is 2.38. The number of halogens is 4. The zero-order valence-corrected chi connectivity index (χ0v) is 20.9. The second-order valence-electron chi connectivity index (χ2n) is 9.65. The van der Waals surface area contributed by atoms with E-state index in [0.29, 0.717) is 35.3 Å². The van der Waals surface area contributed by atoms with Crippen LogP contribution < -0.4 is 0 Å². The van der Waals surface area contributed by atoms with Crippen molar-refractivity contribution in [3.63, 3.8) is 0 Å². The van der Waals surface area contributed by atoms with Crippen LogP contribution in [0.2, 0.25) is 0 Å². The minimum absolute atomic E-state index is 0.0268. The normalized spacial score (nSPS) is 16.2. The van der Waals surface area contributed by atoms with Crippen LogP contribution in [0.1, 0.15) is 77.2 Å². The van der Waals surface area contributed by atoms with Crippen LogP contribution >= 0.6 is 0 Å². The summed E-state index contributed by atoms with van der Waals surface area (Å²) >= 11 is 0. The van der Waals surface area contributed by atoms with Gasteiger partial charge < -0.3 is 9.47 Å². The third kappa shape index (κ3) is 6.46. The summed E-state index contributed by atoms with van der Waals surface area (Å²) in [5.74, 6) is -0.365. The van der Waals surface area contributed by atoms with Crippen LogP contribution in [0.4, 0.5) is 17.6 Å². The SMILES string of the molecule is CC(C)c1cc(C=O)c(COC2CCCCO2)c(-c2ccc(F)cc2)c1Cc1ccc(C(F)(F)F)cc1. The second-order valence-corrected chi connectivity index (χ2v) is 9.65. The fourth-order valence-electron chi connectivity index (χ4n) is 4.78. The van der Waals surface area contributed by atoms with E-state index in [-0.39, 0.29) is 18.8 Å². The van der Waals surface area contributed by atoms with E-state index >= 15 is 0 Å². The monoisotopic (exact) mass is 514 g/mol. The lowest BCUT2D eigenvalue weighted by Gasteiger charge is -2.26. The Kier molecular flexibility index (Phi) is 8.45. The number of alkyl halides is 3. The van der Waals surface area contributed by atoms with Gasteiger partial charge in [-0.3, -0.25) is 4.79 Å². The number of ether oxygens (including phenoxy) is 2. The molecule has 3 nitrogen and oxygen atoms in total. The average molecular weight is 515 g/mol. The van der Waals surface area contributed by atoms with Gasteiger partial charge in [0.25, 0.3) is 0 Å². The molecular weight excluding hydrogens is 484 g/mol. The molecule has 1 heterocycles. The smallest absolute Gasteiger partial charge is 0.353 e. The lowest BCUT2D eigenvalue weighted by Crippen LogP contribution is -2.22. The third-order valence-electron chi connectivity index (χ3n) is 6.71. The Morgan fingerprint density at radius 2 is 1.73 bits per heavy atom. The van der Waals surface area contributed by atoms with E-state index in [1.807, 2.05) is 19.9 Å². The van der Waals surface area contributed by atoms with E-state index in [4.69, 9.17) is 9.47 Å². The molecule has 1 aliphatic rings. The summed E-state index contributed by atoms with van der Waals surface area (Å²) in [5, 5.41) is 0. The zero-order valence-electron chi connectivity index (χ0n) is 20.9. The van der Waals surface area contributed by atoms with Crippen LogP contribution in [-0.4, -0.2) is 19.2 Å². The van der Waals surface area contributed by atoms with Gasteiger partial charge in [0.15, 0.2) is 6.29 Å². The number of carbonyl (C=O) groups excluding carboxylic acids is 1. The van der Waals surface area contributed by atoms with E-state index in [1.54, 1.807) is 12.1 Å². The quantitative estimate of drug-likeness (QED) is 0.225. The molecule has 1 aliphatic heterocycles. The van der Waals surface area contributed by atoms with Crippen molar-refractivity contribution in [1.29, 1.82) is 0 Å². The summed E-state index contributed by atoms with van der Waals surface area (Å²) in [6.07, 6.45) is -0.950. The summed E-state index contributed by atoms with van der Waals surface area (Å²) in [6.45, 7) is 4.73. The Hall–Kier alpha value is -3.03. The minimum Gasteiger partial charge on any atom is -0.353 e. The van der Waals surface area contributed by atoms with Gasteiger partial charge in [-0.25, -0.2) is 4.39 Å². The van der Waals surface area contributed by atoms with Crippen molar-refractivity contribution in [3.05, 3.63) is 93.8 Å². The lowest BCUT2D eigenvalue weighted by molar-refractivity contribution is -0.168. The van der Waals surface area contributed by atoms with Crippen molar-refractivity contribution in [1.82, 2.24) is 0 Å². The molecule has 1 saturated heterocycles. The van der Waals surface area contributed by atoms with Gasteiger partial charge in [0.05, 0.1) is 12.2 Å². The van der Waals surface area contributed by atoms with Gasteiger partial charge in [0, 0.05) is 12.2 Å². The molecule has 37 heavy (non-hydrogen) atoms. The molecule has 3 aromatic carbocycles. The number of hydrogen-bond acceptors (Lipinski definition) is 3. The number of benzene rings is 3. The third-order valence-corrected chi connectivity index (χ3v) is 6.71. The van der Waals surface area contributed by atoms with Crippen molar-refractivity contribution >= 4 is 6.29 Å². The molecule has 1 atom stereocenters. The van der Waals surface area contributed by atoms with Crippen LogP contribution in [-0.2, 0) is 28.7 Å². The first-order chi connectivity index (χ1) is 17.7. The second kappa shape index (κ2) is 11.6. The molecule has 7 heteroatoms. The first-order valence-electron chi connectivity index (χ1n) is 12.5. The molecule has 0 amide bonds. The summed E-state index contributed by atoms with van der Waals surface area (Å²) in [6, 6.07) is 13.0. The first kappa shape index (κ1) is 27.0. The Morgan fingerprint density at radius 3 is 2.30 bits per heavy atom. The van der Waals surface area contributed by atoms with Crippen LogP contribution in [0.25, 0.3) is 11.1 Å². The highest BCUT2D eigenvalue weighted by atomic mass is 19.4. The molecular formula is C30H30F4O3. The van der Waals surface area contributed by atoms with Crippen molar-refractivity contribution < 1.29 is 31.8 Å². The number of aldehydes is 1. The van der Waals surface area contributed by atoms with Crippen LogP contribution in [0.5, 0.6) is 0 Å². The molecule has 4 rings (SSSR count). The number of rotatable bonds is 8. The molecule has 0 bridgehead atoms. The maximum Gasteiger partial charge on any atom is 0.416 e. The summed E-state index contributed by atoms with van der Waals surface area (Å²) in [5.41, 5.74) is 4.32. The highest BCUT2D eigenvalue weighted by Gasteiger charge is 2.30. The van der Waals surface area contributed by atoms with Crippen LogP contribution in [0.15, 0.2) is 54.6 Å². The lowest BCUT2D eigenvalue weighted by atomic mass is 9.82. The van der Waals surface area contributed by atoms with Crippen molar-refractivity contribution in [2.45, 2.75) is 64.5 Å². The molecule has 1 unspecified atom stereocenters. The molecule has 0 aliphatic carbocycles. The van der Waals surface area contributed by atoms with Crippen LogP contribution in [0.3, 0.4) is 0 Å². The minimum atomic E-state index is -4.42. The first-order valence-corrected chi connectivity index (χ1v) is 12.5. The van der Waals surface area contributed by atoms with E-state index in [2.05, 4.69) is 0 Å². The molecule has 1 fully saturated rings. The van der Waals surface area contributed by atoms with Crippen molar-refractivity contribution in [3.8, 4) is 11.1 Å².